The number of nitrogens with one attached hydrogen (secondary N) is 1. The first kappa shape index (κ1) is 16.9. The third-order valence-electron chi connectivity index (χ3n) is 4.01. The molecule has 0 aliphatic heterocycles. The van der Waals surface area contributed by atoms with Crippen LogP contribution >= 0.6 is 0 Å². The minimum atomic E-state index is -0.543. The summed E-state index contributed by atoms with van der Waals surface area (Å²) >= 11 is 0. The van der Waals surface area contributed by atoms with E-state index in [1.165, 1.54) is 18.6 Å². The van der Waals surface area contributed by atoms with E-state index in [9.17, 15) is 14.9 Å². The number of hydrogen-bond donors (Lipinski definition) is 1. The molecule has 7 heteroatoms. The molecule has 0 spiro atoms. The number of hydrazone groups is 1. The number of nitro benzene ring substituents is 1. The van der Waals surface area contributed by atoms with Crippen molar-refractivity contribution in [3.8, 4) is 5.75 Å². The van der Waals surface area contributed by atoms with Gasteiger partial charge >= 0.3 is 5.69 Å². The smallest absolute Gasteiger partial charge is 0.310 e. The molecule has 2 rings (SSSR count). The van der Waals surface area contributed by atoms with E-state index in [1.807, 2.05) is 0 Å². The molecule has 1 amide bonds. The van der Waals surface area contributed by atoms with Gasteiger partial charge in [-0.2, -0.15) is 5.10 Å². The molecule has 23 heavy (non-hydrogen) atoms. The molecule has 124 valence electrons. The van der Waals surface area contributed by atoms with Gasteiger partial charge in [0.2, 0.25) is 0 Å². The Kier molecular flexibility index (Phi) is 5.67. The molecular formula is C16H21N3O4. The van der Waals surface area contributed by atoms with Crippen LogP contribution < -0.4 is 10.2 Å². The third kappa shape index (κ3) is 4.51. The number of amides is 1. The van der Waals surface area contributed by atoms with Crippen molar-refractivity contribution in [1.82, 2.24) is 5.43 Å². The normalized spacial score (nSPS) is 20.7. The van der Waals surface area contributed by atoms with Gasteiger partial charge in [0.15, 0.2) is 12.4 Å². The number of carbonyl (C=O) groups is 1. The van der Waals surface area contributed by atoms with Gasteiger partial charge in [-0.3, -0.25) is 14.9 Å². The molecule has 7 nitrogen and oxygen atoms in total. The molecule has 0 bridgehead atoms. The molecule has 1 saturated carbocycles. The molecule has 1 N–H and O–H groups in total. The van der Waals surface area contributed by atoms with Gasteiger partial charge in [0, 0.05) is 11.8 Å². The van der Waals surface area contributed by atoms with Crippen molar-refractivity contribution in [2.24, 2.45) is 16.9 Å². The van der Waals surface area contributed by atoms with Gasteiger partial charge in [0.25, 0.3) is 5.91 Å². The van der Waals surface area contributed by atoms with Crippen LogP contribution in [-0.4, -0.2) is 23.1 Å². The number of nitro groups is 1. The predicted molar refractivity (Wildman–Crippen MR) is 86.3 cm³/mol. The summed E-state index contributed by atoms with van der Waals surface area (Å²) in [6.45, 7) is 3.89. The van der Waals surface area contributed by atoms with Crippen molar-refractivity contribution in [1.29, 1.82) is 0 Å². The van der Waals surface area contributed by atoms with Gasteiger partial charge in [0.1, 0.15) is 0 Å². The Balaban J connectivity index is 1.92. The van der Waals surface area contributed by atoms with Crippen LogP contribution in [-0.2, 0) is 4.79 Å². The van der Waals surface area contributed by atoms with Crippen LogP contribution in [0.2, 0.25) is 0 Å². The van der Waals surface area contributed by atoms with Gasteiger partial charge in [0.05, 0.1) is 4.92 Å². The van der Waals surface area contributed by atoms with Gasteiger partial charge in [-0.15, -0.1) is 0 Å². The topological polar surface area (TPSA) is 93.8 Å². The molecule has 1 fully saturated rings. The van der Waals surface area contributed by atoms with Crippen LogP contribution in [0, 0.1) is 22.0 Å². The van der Waals surface area contributed by atoms with Crippen LogP contribution in [0.5, 0.6) is 5.75 Å². The second-order valence-electron chi connectivity index (χ2n) is 5.82. The maximum absolute atomic E-state index is 11.8. The second kappa shape index (κ2) is 7.71. The van der Waals surface area contributed by atoms with Crippen LogP contribution in [0.3, 0.4) is 0 Å². The summed E-state index contributed by atoms with van der Waals surface area (Å²) in [6, 6.07) is 5.95. The fourth-order valence-electron chi connectivity index (χ4n) is 2.76. The molecule has 0 radical (unpaired) electrons. The van der Waals surface area contributed by atoms with Gasteiger partial charge in [-0.1, -0.05) is 32.4 Å². The van der Waals surface area contributed by atoms with Crippen LogP contribution in [0.15, 0.2) is 29.4 Å². The standard InChI is InChI=1S/C16H21N3O4/c1-11-6-5-7-12(2)16(11)18-17-15(20)10-23-14-9-4-3-8-13(14)19(21)22/h3-4,8-9,11-12H,5-7,10H2,1-2H3,(H,17,20)/t11-,12-/m0/s1. The average molecular weight is 319 g/mol. The van der Waals surface area contributed by atoms with Gasteiger partial charge in [-0.05, 0) is 30.7 Å². The van der Waals surface area contributed by atoms with E-state index in [0.717, 1.165) is 18.6 Å². The summed E-state index contributed by atoms with van der Waals surface area (Å²) in [5.41, 5.74) is 3.32. The van der Waals surface area contributed by atoms with Crippen molar-refractivity contribution in [3.05, 3.63) is 34.4 Å². The highest BCUT2D eigenvalue weighted by Crippen LogP contribution is 2.26. The van der Waals surface area contributed by atoms with E-state index in [0.29, 0.717) is 11.8 Å². The molecule has 0 unspecified atom stereocenters. The number of nitrogens with zero attached hydrogens (tertiary/aromatic N) is 2. The van der Waals surface area contributed by atoms with Crippen LogP contribution in [0.1, 0.15) is 33.1 Å². The summed E-state index contributed by atoms with van der Waals surface area (Å²) in [5.74, 6) is 0.352. The summed E-state index contributed by atoms with van der Waals surface area (Å²) < 4.78 is 5.23. The lowest BCUT2D eigenvalue weighted by atomic mass is 9.81. The number of para-hydroxylation sites is 2. The minimum Gasteiger partial charge on any atom is -0.477 e. The number of rotatable bonds is 5. The van der Waals surface area contributed by atoms with Crippen molar-refractivity contribution in [2.75, 3.05) is 6.61 Å². The number of hydrogen-bond acceptors (Lipinski definition) is 5. The Labute approximate surface area is 134 Å². The van der Waals surface area contributed by atoms with E-state index in [1.54, 1.807) is 12.1 Å². The van der Waals surface area contributed by atoms with Crippen LogP contribution in [0.4, 0.5) is 5.69 Å². The number of ether oxygens (including phenoxy) is 1. The Morgan fingerprint density at radius 3 is 2.65 bits per heavy atom. The maximum Gasteiger partial charge on any atom is 0.310 e. The molecule has 0 heterocycles. The molecule has 0 saturated heterocycles. The first-order chi connectivity index (χ1) is 11.0. The summed E-state index contributed by atoms with van der Waals surface area (Å²) in [5, 5.41) is 15.1. The zero-order valence-electron chi connectivity index (χ0n) is 13.3. The quantitative estimate of drug-likeness (QED) is 0.667. The fraction of sp³-hybridized carbons (Fsp3) is 0.500. The largest absolute Gasteiger partial charge is 0.477 e. The summed E-state index contributed by atoms with van der Waals surface area (Å²) in [7, 11) is 0. The number of carbonyl (C=O) groups excluding carboxylic acids is 1. The van der Waals surface area contributed by atoms with Crippen molar-refractivity contribution < 1.29 is 14.5 Å². The minimum absolute atomic E-state index is 0.0692. The van der Waals surface area contributed by atoms with Gasteiger partial charge < -0.3 is 4.74 Å². The average Bonchev–Trinajstić information content (AvgIpc) is 2.52. The summed E-state index contributed by atoms with van der Waals surface area (Å²) in [6.07, 6.45) is 3.33. The second-order valence-corrected chi connectivity index (χ2v) is 5.82. The SMILES string of the molecule is C[C@H]1CCC[C@H](C)C1=NNC(=O)COc1ccccc1[N+](=O)[O-]. The lowest BCUT2D eigenvalue weighted by Crippen LogP contribution is -2.31. The van der Waals surface area contributed by atoms with E-state index < -0.39 is 10.8 Å². The highest BCUT2D eigenvalue weighted by atomic mass is 16.6. The molecule has 1 aromatic rings. The predicted octanol–water partition coefficient (Wildman–Crippen LogP) is 2.90. The molecule has 1 aliphatic carbocycles. The molecule has 1 aromatic carbocycles. The van der Waals surface area contributed by atoms with E-state index in [-0.39, 0.29) is 18.0 Å². The first-order valence-electron chi connectivity index (χ1n) is 7.71. The molecule has 1 aliphatic rings. The molecule has 2 atom stereocenters. The lowest BCUT2D eigenvalue weighted by Gasteiger charge is -2.26. The Bertz CT molecular complexity index is 603. The Morgan fingerprint density at radius 2 is 2.00 bits per heavy atom. The van der Waals surface area contributed by atoms with Crippen LogP contribution in [0.25, 0.3) is 0 Å². The van der Waals surface area contributed by atoms with Gasteiger partial charge in [-0.25, -0.2) is 5.43 Å². The Hall–Kier alpha value is -2.44. The summed E-state index contributed by atoms with van der Waals surface area (Å²) in [4.78, 5) is 22.2. The molecular weight excluding hydrogens is 298 g/mol. The number of benzene rings is 1. The fourth-order valence-corrected chi connectivity index (χ4v) is 2.76. The van der Waals surface area contributed by atoms with E-state index >= 15 is 0 Å². The Morgan fingerprint density at radius 1 is 1.35 bits per heavy atom. The molecule has 0 aromatic heterocycles. The van der Waals surface area contributed by atoms with Crippen molar-refractivity contribution in [2.45, 2.75) is 33.1 Å². The highest BCUT2D eigenvalue weighted by Gasteiger charge is 2.23. The van der Waals surface area contributed by atoms with E-state index in [4.69, 9.17) is 4.74 Å². The lowest BCUT2D eigenvalue weighted by molar-refractivity contribution is -0.385. The zero-order chi connectivity index (χ0) is 16.8. The third-order valence-corrected chi connectivity index (χ3v) is 4.01. The first-order valence-corrected chi connectivity index (χ1v) is 7.71. The highest BCUT2D eigenvalue weighted by molar-refractivity contribution is 5.90. The van der Waals surface area contributed by atoms with Crippen molar-refractivity contribution >= 4 is 17.3 Å². The monoisotopic (exact) mass is 319 g/mol. The van der Waals surface area contributed by atoms with E-state index in [2.05, 4.69) is 24.4 Å². The maximum atomic E-state index is 11.8. The zero-order valence-corrected chi connectivity index (χ0v) is 13.3. The van der Waals surface area contributed by atoms with Crippen molar-refractivity contribution in [3.63, 3.8) is 0 Å².